The molecule has 0 saturated carbocycles. The molecule has 0 aromatic heterocycles. The summed E-state index contributed by atoms with van der Waals surface area (Å²) in [6.45, 7) is 34.6. The molecule has 4 heterocycles. The zero-order valence-corrected chi connectivity index (χ0v) is 52.0. The van der Waals surface area contributed by atoms with Gasteiger partial charge in [0.05, 0.1) is 24.3 Å². The molecular formula is C63H119N5O8. The van der Waals surface area contributed by atoms with Crippen molar-refractivity contribution in [2.75, 3.05) is 19.8 Å². The Labute approximate surface area is 466 Å². The Morgan fingerprint density at radius 3 is 1.21 bits per heavy atom. The second-order valence-corrected chi connectivity index (χ2v) is 27.4. The standard InChI is InChI=1S/C44H84N2O6.C19H35N3O2/c1-11-13-15-17-23-27-35-49-45-41(3,4)33-31-37(43(45,7)8)51-39(47)29-25-21-19-20-22-26-30-40(48)52-38-32-34-42(5,6)46(44(38,9)10)50-36-28-24-18-16-14-12-2;1-6-7-8-9-10-11-12-22-15(23)19(20-16(22)24)13-17(2,3)21-18(4,5)14-19/h37-38H,11-36H2,1-10H3;21H,6-14H2,1-5H3,(H,20,24). The van der Waals surface area contributed by atoms with Gasteiger partial charge in [-0.2, -0.15) is 10.1 Å². The number of amides is 3. The molecule has 4 aliphatic heterocycles. The number of carbonyl (C=O) groups is 4. The first-order chi connectivity index (χ1) is 35.7. The number of nitrogens with zero attached hydrogens (tertiary/aromatic N) is 3. The summed E-state index contributed by atoms with van der Waals surface area (Å²) >= 11 is 0. The molecule has 13 nitrogen and oxygen atoms in total. The number of esters is 2. The van der Waals surface area contributed by atoms with Gasteiger partial charge in [-0.15, -0.1) is 0 Å². The van der Waals surface area contributed by atoms with Crippen molar-refractivity contribution in [3.8, 4) is 0 Å². The fourth-order valence-electron chi connectivity index (χ4n) is 13.3. The molecule has 444 valence electrons. The number of nitrogens with one attached hydrogen (secondary N) is 2. The zero-order chi connectivity index (χ0) is 56.7. The molecule has 0 bridgehead atoms. The summed E-state index contributed by atoms with van der Waals surface area (Å²) in [5.41, 5.74) is -2.07. The van der Waals surface area contributed by atoms with Crippen LogP contribution in [0.15, 0.2) is 0 Å². The number of carbonyl (C=O) groups excluding carboxylic acids is 4. The first-order valence-electron chi connectivity index (χ1n) is 31.4. The molecule has 2 atom stereocenters. The van der Waals surface area contributed by atoms with Gasteiger partial charge in [0.25, 0.3) is 5.91 Å². The van der Waals surface area contributed by atoms with E-state index in [1.807, 2.05) is 0 Å². The van der Waals surface area contributed by atoms with E-state index in [1.54, 1.807) is 0 Å². The van der Waals surface area contributed by atoms with Crippen LogP contribution < -0.4 is 10.6 Å². The third-order valence-electron chi connectivity index (χ3n) is 16.9. The molecule has 4 fully saturated rings. The van der Waals surface area contributed by atoms with E-state index in [-0.39, 0.29) is 69.3 Å². The van der Waals surface area contributed by atoms with Gasteiger partial charge in [0.1, 0.15) is 17.7 Å². The fraction of sp³-hybridized carbons (Fsp3) is 0.937. The topological polar surface area (TPSA) is 139 Å². The molecule has 0 aromatic rings. The molecule has 0 aromatic carbocycles. The van der Waals surface area contributed by atoms with Crippen LogP contribution in [0.1, 0.15) is 309 Å². The molecule has 2 unspecified atom stereocenters. The summed E-state index contributed by atoms with van der Waals surface area (Å²) in [7, 11) is 0. The highest BCUT2D eigenvalue weighted by Crippen LogP contribution is 2.43. The SMILES string of the molecule is CCCCCCCCN1C(=O)NC2(CC(C)(C)NC(C)(C)C2)C1=O.CCCCCCCCON1C(C)(C)CCC(OC(=O)CCCCCCCCC(=O)OC2CCC(C)(C)N(OCCCCCCCC)C2(C)C)C1(C)C. The molecule has 4 saturated heterocycles. The van der Waals surface area contributed by atoms with Crippen LogP contribution in [0.25, 0.3) is 0 Å². The van der Waals surface area contributed by atoms with E-state index < -0.39 is 5.54 Å². The average molecular weight is 1070 g/mol. The number of rotatable bonds is 34. The van der Waals surface area contributed by atoms with Crippen molar-refractivity contribution < 1.29 is 38.3 Å². The monoisotopic (exact) mass is 1070 g/mol. The van der Waals surface area contributed by atoms with Crippen molar-refractivity contribution >= 4 is 23.9 Å². The van der Waals surface area contributed by atoms with Gasteiger partial charge < -0.3 is 20.1 Å². The third kappa shape index (κ3) is 22.0. The summed E-state index contributed by atoms with van der Waals surface area (Å²) in [6, 6.07) is -0.206. The molecule has 4 rings (SSSR count). The summed E-state index contributed by atoms with van der Waals surface area (Å²) in [5.74, 6) is -0.225. The van der Waals surface area contributed by atoms with E-state index in [1.165, 1.54) is 94.8 Å². The maximum atomic E-state index is 13.0. The minimum atomic E-state index is -0.739. The highest BCUT2D eigenvalue weighted by Gasteiger charge is 2.58. The molecule has 13 heteroatoms. The van der Waals surface area contributed by atoms with E-state index in [2.05, 4.69) is 125 Å². The Balaban J connectivity index is 0.000000524. The predicted octanol–water partition coefficient (Wildman–Crippen LogP) is 15.4. The lowest BCUT2D eigenvalue weighted by Crippen LogP contribution is -2.68. The van der Waals surface area contributed by atoms with Gasteiger partial charge in [-0.3, -0.25) is 29.0 Å². The highest BCUT2D eigenvalue weighted by atomic mass is 16.7. The quantitative estimate of drug-likeness (QED) is 0.0362. The van der Waals surface area contributed by atoms with Gasteiger partial charge in [0, 0.05) is 41.5 Å². The number of hydrogen-bond acceptors (Lipinski definition) is 11. The summed E-state index contributed by atoms with van der Waals surface area (Å²) in [6.07, 6.45) is 32.9. The maximum Gasteiger partial charge on any atom is 0.325 e. The Morgan fingerprint density at radius 1 is 0.487 bits per heavy atom. The lowest BCUT2D eigenvalue weighted by molar-refractivity contribution is -0.304. The van der Waals surface area contributed by atoms with E-state index in [4.69, 9.17) is 19.1 Å². The molecule has 76 heavy (non-hydrogen) atoms. The minimum absolute atomic E-state index is 0.0243. The van der Waals surface area contributed by atoms with Crippen LogP contribution >= 0.6 is 0 Å². The molecule has 1 spiro atoms. The van der Waals surface area contributed by atoms with E-state index in [0.717, 1.165) is 89.9 Å². The smallest absolute Gasteiger partial charge is 0.325 e. The van der Waals surface area contributed by atoms with Crippen molar-refractivity contribution in [2.45, 2.75) is 360 Å². The first kappa shape index (κ1) is 68.0. The average Bonchev–Trinajstić information content (AvgIpc) is 3.53. The van der Waals surface area contributed by atoms with E-state index in [0.29, 0.717) is 45.4 Å². The Kier molecular flexibility index (Phi) is 28.8. The van der Waals surface area contributed by atoms with Crippen molar-refractivity contribution in [1.29, 1.82) is 0 Å². The summed E-state index contributed by atoms with van der Waals surface area (Å²) < 4.78 is 12.2. The van der Waals surface area contributed by atoms with Gasteiger partial charge in [0.2, 0.25) is 0 Å². The molecular weight excluding hydrogens is 955 g/mol. The first-order valence-corrected chi connectivity index (χ1v) is 31.4. The minimum Gasteiger partial charge on any atom is -0.460 e. The van der Waals surface area contributed by atoms with Crippen LogP contribution in [0.5, 0.6) is 0 Å². The predicted molar refractivity (Wildman–Crippen MR) is 311 cm³/mol. The number of piperidine rings is 3. The van der Waals surface area contributed by atoms with Crippen molar-refractivity contribution in [2.24, 2.45) is 0 Å². The van der Waals surface area contributed by atoms with Crippen molar-refractivity contribution in [1.82, 2.24) is 25.7 Å². The fourth-order valence-corrected chi connectivity index (χ4v) is 13.3. The van der Waals surface area contributed by atoms with Gasteiger partial charge in [-0.05, 0) is 154 Å². The Bertz CT molecular complexity index is 1620. The van der Waals surface area contributed by atoms with Gasteiger partial charge in [-0.1, -0.05) is 143 Å². The number of unbranched alkanes of at least 4 members (excludes halogenated alkanes) is 20. The van der Waals surface area contributed by atoms with Gasteiger partial charge >= 0.3 is 18.0 Å². The van der Waals surface area contributed by atoms with Crippen LogP contribution in [0.3, 0.4) is 0 Å². The largest absolute Gasteiger partial charge is 0.460 e. The van der Waals surface area contributed by atoms with Crippen LogP contribution in [0.2, 0.25) is 0 Å². The van der Waals surface area contributed by atoms with Crippen LogP contribution in [0, 0.1) is 0 Å². The molecule has 3 amide bonds. The molecule has 4 aliphatic rings. The van der Waals surface area contributed by atoms with Crippen molar-refractivity contribution in [3.63, 3.8) is 0 Å². The normalized spacial score (nSPS) is 23.2. The van der Waals surface area contributed by atoms with Crippen LogP contribution in [-0.4, -0.2) is 110 Å². The van der Waals surface area contributed by atoms with Gasteiger partial charge in [-0.25, -0.2) is 4.79 Å². The highest BCUT2D eigenvalue weighted by molar-refractivity contribution is 6.07. The van der Waals surface area contributed by atoms with Crippen LogP contribution in [-0.2, 0) is 33.5 Å². The second kappa shape index (κ2) is 32.2. The summed E-state index contributed by atoms with van der Waals surface area (Å²) in [4.78, 5) is 65.5. The number of hydroxylamine groups is 4. The van der Waals surface area contributed by atoms with E-state index in [9.17, 15) is 19.2 Å². The Morgan fingerprint density at radius 2 is 0.829 bits per heavy atom. The second-order valence-electron chi connectivity index (χ2n) is 27.4. The number of urea groups is 1. The Hall–Kier alpha value is -2.32. The molecule has 0 radical (unpaired) electrons. The molecule has 2 N–H and O–H groups in total. The zero-order valence-electron chi connectivity index (χ0n) is 52.0. The van der Waals surface area contributed by atoms with Gasteiger partial charge in [0.15, 0.2) is 0 Å². The third-order valence-corrected chi connectivity index (χ3v) is 16.9. The molecule has 0 aliphatic carbocycles. The van der Waals surface area contributed by atoms with Crippen LogP contribution in [0.4, 0.5) is 4.79 Å². The maximum absolute atomic E-state index is 13.0. The number of imide groups is 1. The number of ether oxygens (including phenoxy) is 2. The van der Waals surface area contributed by atoms with Crippen molar-refractivity contribution in [3.05, 3.63) is 0 Å². The summed E-state index contributed by atoms with van der Waals surface area (Å²) in [5, 5.41) is 10.9. The number of hydrogen-bond donors (Lipinski definition) is 2. The van der Waals surface area contributed by atoms with E-state index >= 15 is 0 Å². The lowest BCUT2D eigenvalue weighted by atomic mass is 9.71. The lowest BCUT2D eigenvalue weighted by Gasteiger charge is -2.54.